The molecule has 194 valence electrons. The first-order valence-corrected chi connectivity index (χ1v) is 12.8. The molecule has 1 aliphatic rings. The molecule has 1 saturated heterocycles. The second-order valence-corrected chi connectivity index (χ2v) is 10.4. The number of nitrogens with one attached hydrogen (secondary N) is 1. The zero-order valence-corrected chi connectivity index (χ0v) is 21.6. The molecule has 0 atom stereocenters. The van der Waals surface area contributed by atoms with Gasteiger partial charge in [-0.15, -0.1) is 0 Å². The first-order chi connectivity index (χ1) is 17.9. The van der Waals surface area contributed by atoms with Gasteiger partial charge in [0.25, 0.3) is 17.5 Å². The summed E-state index contributed by atoms with van der Waals surface area (Å²) in [5.41, 5.74) is -1.42. The number of hydrogen-bond acceptors (Lipinski definition) is 8. The molecule has 0 bridgehead atoms. The van der Waals surface area contributed by atoms with Gasteiger partial charge in [-0.1, -0.05) is 40.9 Å². The third-order valence-corrected chi connectivity index (χ3v) is 7.02. The highest BCUT2D eigenvalue weighted by atomic mass is 35.5. The van der Waals surface area contributed by atoms with Crippen molar-refractivity contribution in [3.63, 3.8) is 0 Å². The molecule has 11 nitrogen and oxygen atoms in total. The Morgan fingerprint density at radius 2 is 1.63 bits per heavy atom. The SMILES string of the molecule is O=C1NC(=O)N(c2cccc([N+](=O)[O-])c2)C(=O)/C1=C/c1cc(Cl)cc(Cl)c1OS(=O)(=O)c1ccc(Cl)cc1. The van der Waals surface area contributed by atoms with Gasteiger partial charge in [-0.3, -0.25) is 25.0 Å². The Kier molecular flexibility index (Phi) is 7.42. The Morgan fingerprint density at radius 1 is 0.947 bits per heavy atom. The molecule has 0 radical (unpaired) electrons. The highest BCUT2D eigenvalue weighted by molar-refractivity contribution is 7.87. The number of hydrogen-bond donors (Lipinski definition) is 1. The Morgan fingerprint density at radius 3 is 2.29 bits per heavy atom. The number of amides is 4. The van der Waals surface area contributed by atoms with Crippen molar-refractivity contribution in [3.05, 3.63) is 97.0 Å². The van der Waals surface area contributed by atoms with Gasteiger partial charge >= 0.3 is 16.1 Å². The summed E-state index contributed by atoms with van der Waals surface area (Å²) < 4.78 is 30.9. The third kappa shape index (κ3) is 5.48. The molecular weight excluding hydrogens is 585 g/mol. The van der Waals surface area contributed by atoms with Crippen molar-refractivity contribution < 1.29 is 31.9 Å². The molecule has 0 spiro atoms. The normalized spacial score (nSPS) is 15.0. The van der Waals surface area contributed by atoms with E-state index in [1.807, 2.05) is 5.32 Å². The molecule has 15 heteroatoms. The standard InChI is InChI=1S/C23H12Cl3N3O8S/c24-13-4-6-17(7-5-13)38(35,36)37-20-12(8-14(25)10-19(20)26)9-18-21(30)27-23(32)28(22(18)31)15-2-1-3-16(11-15)29(33)34/h1-11H,(H,27,30,32)/b18-9+. The van der Waals surface area contributed by atoms with Crippen LogP contribution in [0.5, 0.6) is 5.75 Å². The molecule has 0 unspecified atom stereocenters. The number of nitro benzene ring substituents is 1. The maximum atomic E-state index is 13.2. The van der Waals surface area contributed by atoms with Crippen LogP contribution in [0.25, 0.3) is 6.08 Å². The molecular formula is C23H12Cl3N3O8S. The number of carbonyl (C=O) groups excluding carboxylic acids is 3. The predicted molar refractivity (Wildman–Crippen MR) is 138 cm³/mol. The van der Waals surface area contributed by atoms with E-state index in [1.165, 1.54) is 48.5 Å². The molecule has 4 rings (SSSR count). The molecule has 4 amide bonds. The molecule has 38 heavy (non-hydrogen) atoms. The maximum Gasteiger partial charge on any atom is 0.339 e. The van der Waals surface area contributed by atoms with Crippen LogP contribution in [0.3, 0.4) is 0 Å². The lowest BCUT2D eigenvalue weighted by atomic mass is 10.1. The number of nitro groups is 1. The third-order valence-electron chi connectivity index (χ3n) is 5.03. The van der Waals surface area contributed by atoms with Gasteiger partial charge in [0.2, 0.25) is 0 Å². The molecule has 1 aliphatic heterocycles. The monoisotopic (exact) mass is 595 g/mol. The van der Waals surface area contributed by atoms with E-state index in [4.69, 9.17) is 39.0 Å². The van der Waals surface area contributed by atoms with Crippen molar-refractivity contribution in [3.8, 4) is 5.75 Å². The second-order valence-electron chi connectivity index (χ2n) is 7.53. The number of barbiturate groups is 1. The van der Waals surface area contributed by atoms with E-state index in [1.54, 1.807) is 0 Å². The van der Waals surface area contributed by atoms with E-state index in [0.717, 1.165) is 18.2 Å². The van der Waals surface area contributed by atoms with Gasteiger partial charge in [0.1, 0.15) is 10.5 Å². The van der Waals surface area contributed by atoms with Crippen molar-refractivity contribution in [2.24, 2.45) is 0 Å². The minimum absolute atomic E-state index is 0.00775. The number of anilines is 1. The summed E-state index contributed by atoms with van der Waals surface area (Å²) in [6, 6.07) is 10.9. The average molecular weight is 597 g/mol. The van der Waals surface area contributed by atoms with Crippen LogP contribution in [0.1, 0.15) is 5.56 Å². The minimum atomic E-state index is -4.46. The largest absolute Gasteiger partial charge is 0.377 e. The number of imide groups is 2. The quantitative estimate of drug-likeness (QED) is 0.137. The Hall–Kier alpha value is -3.97. The molecule has 1 heterocycles. The van der Waals surface area contributed by atoms with E-state index >= 15 is 0 Å². The van der Waals surface area contributed by atoms with Gasteiger partial charge in [0, 0.05) is 27.7 Å². The van der Waals surface area contributed by atoms with Crippen LogP contribution in [-0.4, -0.2) is 31.2 Å². The Bertz CT molecular complexity index is 1660. The lowest BCUT2D eigenvalue weighted by molar-refractivity contribution is -0.384. The zero-order chi connectivity index (χ0) is 27.8. The summed E-state index contributed by atoms with van der Waals surface area (Å²) in [6.45, 7) is 0. The van der Waals surface area contributed by atoms with Gasteiger partial charge in [-0.05, 0) is 48.5 Å². The van der Waals surface area contributed by atoms with Gasteiger partial charge < -0.3 is 4.18 Å². The Labute approximate surface area is 229 Å². The molecule has 0 aromatic heterocycles. The van der Waals surface area contributed by atoms with Gasteiger partial charge in [0.15, 0.2) is 5.75 Å². The topological polar surface area (TPSA) is 153 Å². The van der Waals surface area contributed by atoms with Crippen molar-refractivity contribution in [1.82, 2.24) is 5.32 Å². The van der Waals surface area contributed by atoms with Crippen LogP contribution >= 0.6 is 34.8 Å². The highest BCUT2D eigenvalue weighted by Crippen LogP contribution is 2.37. The summed E-state index contributed by atoms with van der Waals surface area (Å²) in [5, 5.41) is 13.1. The van der Waals surface area contributed by atoms with E-state index in [0.29, 0.717) is 4.90 Å². The zero-order valence-electron chi connectivity index (χ0n) is 18.6. The number of halogens is 3. The fourth-order valence-electron chi connectivity index (χ4n) is 3.33. The highest BCUT2D eigenvalue weighted by Gasteiger charge is 2.37. The molecule has 1 N–H and O–H groups in total. The summed E-state index contributed by atoms with van der Waals surface area (Å²) in [4.78, 5) is 48.9. The average Bonchev–Trinajstić information content (AvgIpc) is 2.84. The first kappa shape index (κ1) is 27.1. The molecule has 0 saturated carbocycles. The van der Waals surface area contributed by atoms with Crippen molar-refractivity contribution in [1.29, 1.82) is 0 Å². The van der Waals surface area contributed by atoms with Crippen molar-refractivity contribution in [2.75, 3.05) is 4.90 Å². The van der Waals surface area contributed by atoms with Crippen LogP contribution in [0, 0.1) is 10.1 Å². The summed E-state index contributed by atoms with van der Waals surface area (Å²) in [6.07, 6.45) is 0.929. The molecule has 3 aromatic carbocycles. The van der Waals surface area contributed by atoms with E-state index in [2.05, 4.69) is 0 Å². The fourth-order valence-corrected chi connectivity index (χ4v) is 5.02. The van der Waals surface area contributed by atoms with E-state index in [9.17, 15) is 32.9 Å². The molecule has 0 aliphatic carbocycles. The van der Waals surface area contributed by atoms with Crippen LogP contribution in [-0.2, 0) is 19.7 Å². The minimum Gasteiger partial charge on any atom is -0.377 e. The fraction of sp³-hybridized carbons (Fsp3) is 0. The smallest absolute Gasteiger partial charge is 0.339 e. The van der Waals surface area contributed by atoms with Crippen LogP contribution in [0.4, 0.5) is 16.2 Å². The number of benzene rings is 3. The summed E-state index contributed by atoms with van der Waals surface area (Å²) in [5.74, 6) is -2.73. The van der Waals surface area contributed by atoms with Crippen LogP contribution < -0.4 is 14.4 Å². The number of rotatable bonds is 6. The van der Waals surface area contributed by atoms with Gasteiger partial charge in [-0.25, -0.2) is 9.69 Å². The predicted octanol–water partition coefficient (Wildman–Crippen LogP) is 4.99. The van der Waals surface area contributed by atoms with Gasteiger partial charge in [-0.2, -0.15) is 8.42 Å². The lowest BCUT2D eigenvalue weighted by Crippen LogP contribution is -2.54. The summed E-state index contributed by atoms with van der Waals surface area (Å²) in [7, 11) is -4.46. The number of non-ortho nitro benzene ring substituents is 1. The van der Waals surface area contributed by atoms with E-state index < -0.39 is 49.9 Å². The number of carbonyl (C=O) groups is 3. The number of urea groups is 1. The van der Waals surface area contributed by atoms with Gasteiger partial charge in [0.05, 0.1) is 15.6 Å². The van der Waals surface area contributed by atoms with Crippen molar-refractivity contribution >= 4 is 80.2 Å². The Balaban J connectivity index is 1.79. The lowest BCUT2D eigenvalue weighted by Gasteiger charge is -2.26. The number of nitrogens with zero attached hydrogens (tertiary/aromatic N) is 2. The second kappa shape index (κ2) is 10.4. The van der Waals surface area contributed by atoms with Crippen LogP contribution in [0.2, 0.25) is 15.1 Å². The molecule has 1 fully saturated rings. The maximum absolute atomic E-state index is 13.2. The van der Waals surface area contributed by atoms with Crippen LogP contribution in [0.15, 0.2) is 71.1 Å². The molecule has 3 aromatic rings. The van der Waals surface area contributed by atoms with Crippen molar-refractivity contribution in [2.45, 2.75) is 4.90 Å². The first-order valence-electron chi connectivity index (χ1n) is 10.2. The summed E-state index contributed by atoms with van der Waals surface area (Å²) >= 11 is 18.1. The van der Waals surface area contributed by atoms with E-state index in [-0.39, 0.29) is 31.2 Å².